The second-order valence-electron chi connectivity index (χ2n) is 6.35. The van der Waals surface area contributed by atoms with Crippen LogP contribution in [-0.4, -0.2) is 33.9 Å². The van der Waals surface area contributed by atoms with Crippen LogP contribution in [0.25, 0.3) is 0 Å². The summed E-state index contributed by atoms with van der Waals surface area (Å²) in [7, 11) is 1.45. The van der Waals surface area contributed by atoms with Gasteiger partial charge in [-0.15, -0.1) is 0 Å². The minimum Gasteiger partial charge on any atom is -0.493 e. The van der Waals surface area contributed by atoms with Crippen molar-refractivity contribution >= 4 is 29.4 Å². The lowest BCUT2D eigenvalue weighted by Gasteiger charge is -2.12. The van der Waals surface area contributed by atoms with Gasteiger partial charge >= 0.3 is 5.69 Å². The van der Waals surface area contributed by atoms with E-state index in [-0.39, 0.29) is 29.4 Å². The fraction of sp³-hybridized carbons (Fsp3) is 0.150. The maximum Gasteiger partial charge on any atom is 0.307 e. The number of ether oxygens (including phenoxy) is 2. The molecule has 1 amide bonds. The molecule has 0 spiro atoms. The molecule has 0 saturated heterocycles. The third kappa shape index (κ3) is 5.79. The molecule has 0 unspecified atom stereocenters. The summed E-state index contributed by atoms with van der Waals surface area (Å²) in [5, 5.41) is 18.5. The molecule has 0 bridgehead atoms. The van der Waals surface area contributed by atoms with Crippen LogP contribution in [0.15, 0.2) is 53.9 Å². The van der Waals surface area contributed by atoms with E-state index in [1.54, 1.807) is 24.3 Å². The standard InChI is InChI=1S/C20H17ClFN5O5/c1-31-19-7-13(5-6-18(19)32-12-15-16(21)3-2-4-17(15)22)8-23-25-20(28)11-26-10-14(9-24-26)27(29)30/h2-10H,11-12H2,1H3,(H,25,28)/b23-8-. The number of methoxy groups -OCH3 is 1. The maximum absolute atomic E-state index is 13.9. The molecule has 12 heteroatoms. The summed E-state index contributed by atoms with van der Waals surface area (Å²) in [6.45, 7) is -0.323. The molecule has 1 aromatic heterocycles. The first kappa shape index (κ1) is 22.7. The molecule has 2 aromatic carbocycles. The highest BCUT2D eigenvalue weighted by Gasteiger charge is 2.12. The summed E-state index contributed by atoms with van der Waals surface area (Å²) in [6.07, 6.45) is 3.57. The third-order valence-corrected chi connectivity index (χ3v) is 4.51. The van der Waals surface area contributed by atoms with Crippen molar-refractivity contribution in [3.63, 3.8) is 0 Å². The molecule has 0 radical (unpaired) electrons. The van der Waals surface area contributed by atoms with Crippen LogP contribution in [-0.2, 0) is 17.9 Å². The van der Waals surface area contributed by atoms with Gasteiger partial charge in [0.05, 0.1) is 23.3 Å². The normalized spacial score (nSPS) is 10.8. The minimum atomic E-state index is -0.606. The molecule has 0 aliphatic heterocycles. The predicted octanol–water partition coefficient (Wildman–Crippen LogP) is 3.32. The molecule has 0 atom stereocenters. The fourth-order valence-electron chi connectivity index (χ4n) is 2.60. The Morgan fingerprint density at radius 3 is 2.88 bits per heavy atom. The van der Waals surface area contributed by atoms with Gasteiger partial charge in [-0.05, 0) is 35.9 Å². The van der Waals surface area contributed by atoms with Crippen LogP contribution in [0.5, 0.6) is 11.5 Å². The molecule has 0 saturated carbocycles. The van der Waals surface area contributed by atoms with Gasteiger partial charge in [-0.1, -0.05) is 17.7 Å². The second-order valence-corrected chi connectivity index (χ2v) is 6.75. The molecule has 10 nitrogen and oxygen atoms in total. The highest BCUT2D eigenvalue weighted by Crippen LogP contribution is 2.29. The molecule has 3 aromatic rings. The molecular formula is C20H17ClFN5O5. The number of benzene rings is 2. The molecule has 1 N–H and O–H groups in total. The van der Waals surface area contributed by atoms with Crippen LogP contribution in [0, 0.1) is 15.9 Å². The summed E-state index contributed by atoms with van der Waals surface area (Å²) < 4.78 is 26.0. The molecular weight excluding hydrogens is 445 g/mol. The van der Waals surface area contributed by atoms with E-state index >= 15 is 0 Å². The number of aromatic nitrogens is 2. The average molecular weight is 462 g/mol. The van der Waals surface area contributed by atoms with Crippen LogP contribution in [0.3, 0.4) is 0 Å². The van der Waals surface area contributed by atoms with Gasteiger partial charge < -0.3 is 9.47 Å². The van der Waals surface area contributed by atoms with Crippen molar-refractivity contribution < 1.29 is 23.6 Å². The Balaban J connectivity index is 1.59. The zero-order chi connectivity index (χ0) is 23.1. The van der Waals surface area contributed by atoms with Crippen molar-refractivity contribution in [2.75, 3.05) is 7.11 Å². The number of hydrogen-bond donors (Lipinski definition) is 1. The predicted molar refractivity (Wildman–Crippen MR) is 113 cm³/mol. The van der Waals surface area contributed by atoms with Gasteiger partial charge in [0.15, 0.2) is 11.5 Å². The van der Waals surface area contributed by atoms with Crippen LogP contribution >= 0.6 is 11.6 Å². The van der Waals surface area contributed by atoms with Gasteiger partial charge in [-0.2, -0.15) is 10.2 Å². The highest BCUT2D eigenvalue weighted by atomic mass is 35.5. The molecule has 3 rings (SSSR count). The van der Waals surface area contributed by atoms with Gasteiger partial charge in [0.1, 0.15) is 31.4 Å². The average Bonchev–Trinajstić information content (AvgIpc) is 3.22. The Bertz CT molecular complexity index is 1150. The lowest BCUT2D eigenvalue weighted by atomic mass is 10.2. The van der Waals surface area contributed by atoms with Crippen molar-refractivity contribution in [1.82, 2.24) is 15.2 Å². The number of hydrazone groups is 1. The van der Waals surface area contributed by atoms with Crippen LogP contribution < -0.4 is 14.9 Å². The molecule has 166 valence electrons. The minimum absolute atomic E-state index is 0.0864. The zero-order valence-electron chi connectivity index (χ0n) is 16.7. The van der Waals surface area contributed by atoms with Crippen LogP contribution in [0.4, 0.5) is 10.1 Å². The van der Waals surface area contributed by atoms with E-state index in [1.165, 1.54) is 25.5 Å². The Labute approximate surface area is 186 Å². The van der Waals surface area contributed by atoms with E-state index in [1.807, 2.05) is 0 Å². The largest absolute Gasteiger partial charge is 0.493 e. The summed E-state index contributed by atoms with van der Waals surface area (Å²) in [6, 6.07) is 9.26. The summed E-state index contributed by atoms with van der Waals surface area (Å²) >= 11 is 6.01. The lowest BCUT2D eigenvalue weighted by molar-refractivity contribution is -0.385. The van der Waals surface area contributed by atoms with Crippen molar-refractivity contribution in [2.45, 2.75) is 13.2 Å². The summed E-state index contributed by atoms with van der Waals surface area (Å²) in [5.41, 5.74) is 2.91. The Kier molecular flexibility index (Phi) is 7.34. The SMILES string of the molecule is COc1cc(/C=N\NC(=O)Cn2cc([N+](=O)[O-])cn2)ccc1OCc1c(F)cccc1Cl. The van der Waals surface area contributed by atoms with Crippen molar-refractivity contribution in [2.24, 2.45) is 5.10 Å². The molecule has 0 aliphatic rings. The topological polar surface area (TPSA) is 121 Å². The quantitative estimate of drug-likeness (QED) is 0.296. The number of halogens is 2. The Hall–Kier alpha value is -3.99. The van der Waals surface area contributed by atoms with Crippen LogP contribution in [0.1, 0.15) is 11.1 Å². The number of rotatable bonds is 9. The van der Waals surface area contributed by atoms with E-state index in [4.69, 9.17) is 21.1 Å². The van der Waals surface area contributed by atoms with Crippen molar-refractivity contribution in [1.29, 1.82) is 0 Å². The van der Waals surface area contributed by atoms with Crippen LogP contribution in [0.2, 0.25) is 5.02 Å². The highest BCUT2D eigenvalue weighted by molar-refractivity contribution is 6.31. The number of nitrogens with zero attached hydrogens (tertiary/aromatic N) is 4. The van der Waals surface area contributed by atoms with Gasteiger partial charge in [-0.3, -0.25) is 19.6 Å². The van der Waals surface area contributed by atoms with Gasteiger partial charge in [-0.25, -0.2) is 9.82 Å². The molecule has 32 heavy (non-hydrogen) atoms. The zero-order valence-corrected chi connectivity index (χ0v) is 17.5. The number of carbonyl (C=O) groups is 1. The lowest BCUT2D eigenvalue weighted by Crippen LogP contribution is -2.23. The first-order valence-corrected chi connectivity index (χ1v) is 9.47. The van der Waals surface area contributed by atoms with E-state index in [2.05, 4.69) is 15.6 Å². The smallest absolute Gasteiger partial charge is 0.307 e. The van der Waals surface area contributed by atoms with Crippen molar-refractivity contribution in [3.8, 4) is 11.5 Å². The second kappa shape index (κ2) is 10.4. The number of hydrogen-bond acceptors (Lipinski definition) is 7. The van der Waals surface area contributed by atoms with Gasteiger partial charge in [0.25, 0.3) is 5.91 Å². The van der Waals surface area contributed by atoms with E-state index < -0.39 is 16.6 Å². The van der Waals surface area contributed by atoms with Gasteiger partial charge in [0.2, 0.25) is 0 Å². The van der Waals surface area contributed by atoms with E-state index in [9.17, 15) is 19.3 Å². The molecule has 0 aliphatic carbocycles. The van der Waals surface area contributed by atoms with Gasteiger partial charge in [0, 0.05) is 5.56 Å². The maximum atomic E-state index is 13.9. The first-order chi connectivity index (χ1) is 15.4. The Morgan fingerprint density at radius 1 is 1.38 bits per heavy atom. The number of nitro groups is 1. The number of amides is 1. The number of nitrogens with one attached hydrogen (secondary N) is 1. The first-order valence-electron chi connectivity index (χ1n) is 9.10. The number of carbonyl (C=O) groups excluding carboxylic acids is 1. The third-order valence-electron chi connectivity index (χ3n) is 4.16. The fourth-order valence-corrected chi connectivity index (χ4v) is 2.82. The monoisotopic (exact) mass is 461 g/mol. The van der Waals surface area contributed by atoms with Crippen molar-refractivity contribution in [3.05, 3.63) is 80.9 Å². The molecule has 0 fully saturated rings. The molecule has 1 heterocycles. The Morgan fingerprint density at radius 2 is 2.19 bits per heavy atom. The van der Waals surface area contributed by atoms with E-state index in [0.29, 0.717) is 17.1 Å². The van der Waals surface area contributed by atoms with E-state index in [0.717, 1.165) is 17.1 Å². The summed E-state index contributed by atoms with van der Waals surface area (Å²) in [5.74, 6) is -0.251. The summed E-state index contributed by atoms with van der Waals surface area (Å²) in [4.78, 5) is 21.9.